The van der Waals surface area contributed by atoms with Crippen LogP contribution in [0.2, 0.25) is 0 Å². The summed E-state index contributed by atoms with van der Waals surface area (Å²) in [5, 5.41) is 15.9. The molecule has 1 saturated heterocycles. The van der Waals surface area contributed by atoms with Gasteiger partial charge in [0.2, 0.25) is 5.91 Å². The fourth-order valence-corrected chi connectivity index (χ4v) is 2.74. The smallest absolute Gasteiger partial charge is 0.222 e. The number of ether oxygens (including phenoxy) is 1. The number of nitrogens with one attached hydrogen (secondary N) is 2. The monoisotopic (exact) mass is 290 g/mol. The first-order valence-electron chi connectivity index (χ1n) is 6.84. The summed E-state index contributed by atoms with van der Waals surface area (Å²) in [6.07, 6.45) is 4.62. The summed E-state index contributed by atoms with van der Waals surface area (Å²) in [5.41, 5.74) is -0.842. The highest BCUT2D eigenvalue weighted by Crippen LogP contribution is 2.09. The third-order valence-electron chi connectivity index (χ3n) is 3.09. The van der Waals surface area contributed by atoms with Crippen LogP contribution in [0.3, 0.4) is 0 Å². The lowest BCUT2D eigenvalue weighted by atomic mass is 10.1. The van der Waals surface area contributed by atoms with E-state index in [2.05, 4.69) is 10.6 Å². The number of aliphatic hydroxyl groups is 1. The first-order valence-corrected chi connectivity index (χ1v) is 8.23. The van der Waals surface area contributed by atoms with E-state index < -0.39 is 5.60 Å². The minimum Gasteiger partial charge on any atom is -0.387 e. The predicted molar refractivity (Wildman–Crippen MR) is 78.5 cm³/mol. The maximum absolute atomic E-state index is 11.6. The van der Waals surface area contributed by atoms with Crippen LogP contribution in [0.5, 0.6) is 0 Å². The first-order chi connectivity index (χ1) is 9.03. The lowest BCUT2D eigenvalue weighted by Crippen LogP contribution is -2.42. The van der Waals surface area contributed by atoms with E-state index in [0.29, 0.717) is 25.3 Å². The van der Waals surface area contributed by atoms with Crippen LogP contribution in [0, 0.1) is 0 Å². The van der Waals surface area contributed by atoms with Crippen molar-refractivity contribution in [2.24, 2.45) is 0 Å². The van der Waals surface area contributed by atoms with Gasteiger partial charge in [-0.2, -0.15) is 11.8 Å². The predicted octanol–water partition coefficient (Wildman–Crippen LogP) is 0.375. The molecule has 0 aliphatic carbocycles. The number of rotatable bonds is 8. The van der Waals surface area contributed by atoms with Crippen molar-refractivity contribution in [1.29, 1.82) is 0 Å². The first kappa shape index (κ1) is 16.8. The molecule has 1 fully saturated rings. The van der Waals surface area contributed by atoms with Crippen molar-refractivity contribution in [3.63, 3.8) is 0 Å². The van der Waals surface area contributed by atoms with Crippen LogP contribution >= 0.6 is 11.8 Å². The molecule has 0 saturated carbocycles. The fourth-order valence-electron chi connectivity index (χ4n) is 2.02. The number of hydrogen-bond donors (Lipinski definition) is 3. The second kappa shape index (κ2) is 8.79. The molecule has 1 aliphatic heterocycles. The van der Waals surface area contributed by atoms with Gasteiger partial charge in [-0.1, -0.05) is 0 Å². The van der Waals surface area contributed by atoms with Crippen molar-refractivity contribution in [3.8, 4) is 0 Å². The minimum atomic E-state index is -0.842. The molecule has 6 heteroatoms. The second-order valence-corrected chi connectivity index (χ2v) is 6.14. The standard InChI is InChI=1S/C13H26N2O3S/c1-13(17,10-19-2)9-15-12(16)5-8-18-11-3-6-14-7-4-11/h11,14,17H,3-10H2,1-2H3,(H,15,16). The van der Waals surface area contributed by atoms with Gasteiger partial charge in [-0.25, -0.2) is 0 Å². The fraction of sp³-hybridized carbons (Fsp3) is 0.923. The summed E-state index contributed by atoms with van der Waals surface area (Å²) in [7, 11) is 0. The maximum atomic E-state index is 11.6. The highest BCUT2D eigenvalue weighted by Gasteiger charge is 2.20. The highest BCUT2D eigenvalue weighted by molar-refractivity contribution is 7.98. The van der Waals surface area contributed by atoms with Crippen LogP contribution < -0.4 is 10.6 Å². The molecular formula is C13H26N2O3S. The molecule has 3 N–H and O–H groups in total. The Kier molecular flexibility index (Phi) is 7.75. The van der Waals surface area contributed by atoms with Crippen molar-refractivity contribution in [3.05, 3.63) is 0 Å². The summed E-state index contributed by atoms with van der Waals surface area (Å²) in [5.74, 6) is 0.550. The quantitative estimate of drug-likeness (QED) is 0.603. The molecule has 0 spiro atoms. The molecule has 0 aromatic heterocycles. The normalized spacial score (nSPS) is 19.9. The van der Waals surface area contributed by atoms with Crippen molar-refractivity contribution >= 4 is 17.7 Å². The molecule has 19 heavy (non-hydrogen) atoms. The Morgan fingerprint density at radius 1 is 1.53 bits per heavy atom. The molecule has 1 heterocycles. The van der Waals surface area contributed by atoms with E-state index in [1.165, 1.54) is 0 Å². The number of carbonyl (C=O) groups is 1. The van der Waals surface area contributed by atoms with Crippen LogP contribution in [-0.4, -0.2) is 61.0 Å². The molecule has 0 aromatic carbocycles. The summed E-state index contributed by atoms with van der Waals surface area (Å²) in [4.78, 5) is 11.6. The van der Waals surface area contributed by atoms with Crippen molar-refractivity contribution in [2.75, 3.05) is 38.2 Å². The zero-order valence-corrected chi connectivity index (χ0v) is 12.7. The van der Waals surface area contributed by atoms with E-state index in [9.17, 15) is 9.90 Å². The van der Waals surface area contributed by atoms with Crippen LogP contribution in [-0.2, 0) is 9.53 Å². The Morgan fingerprint density at radius 2 is 2.21 bits per heavy atom. The SMILES string of the molecule is CSCC(C)(O)CNC(=O)CCOC1CCNCC1. The minimum absolute atomic E-state index is 0.0599. The van der Waals surface area contributed by atoms with Crippen molar-refractivity contribution in [1.82, 2.24) is 10.6 Å². The molecule has 1 atom stereocenters. The van der Waals surface area contributed by atoms with Gasteiger partial charge in [0.05, 0.1) is 18.3 Å². The molecule has 1 unspecified atom stereocenters. The average molecular weight is 290 g/mol. The van der Waals surface area contributed by atoms with Gasteiger partial charge < -0.3 is 20.5 Å². The molecule has 1 amide bonds. The van der Waals surface area contributed by atoms with Gasteiger partial charge >= 0.3 is 0 Å². The van der Waals surface area contributed by atoms with Gasteiger partial charge in [0.15, 0.2) is 0 Å². The van der Waals surface area contributed by atoms with Crippen LogP contribution in [0.25, 0.3) is 0 Å². The van der Waals surface area contributed by atoms with Crippen LogP contribution in [0.4, 0.5) is 0 Å². The van der Waals surface area contributed by atoms with Gasteiger partial charge in [-0.15, -0.1) is 0 Å². The Hall–Kier alpha value is -0.300. The zero-order chi connectivity index (χ0) is 14.1. The summed E-state index contributed by atoms with van der Waals surface area (Å²) in [6.45, 7) is 4.47. The van der Waals surface area contributed by atoms with E-state index >= 15 is 0 Å². The topological polar surface area (TPSA) is 70.6 Å². The zero-order valence-electron chi connectivity index (χ0n) is 11.9. The molecule has 1 aliphatic rings. The van der Waals surface area contributed by atoms with Gasteiger partial charge in [0.25, 0.3) is 0 Å². The maximum Gasteiger partial charge on any atom is 0.222 e. The van der Waals surface area contributed by atoms with E-state index in [0.717, 1.165) is 25.9 Å². The van der Waals surface area contributed by atoms with Crippen molar-refractivity contribution < 1.29 is 14.6 Å². The molecule has 1 rings (SSSR count). The Balaban J connectivity index is 2.07. The Morgan fingerprint density at radius 3 is 2.84 bits per heavy atom. The molecular weight excluding hydrogens is 264 g/mol. The van der Waals surface area contributed by atoms with Crippen LogP contribution in [0.1, 0.15) is 26.2 Å². The number of amides is 1. The average Bonchev–Trinajstić information content (AvgIpc) is 2.38. The van der Waals surface area contributed by atoms with Gasteiger partial charge in [-0.3, -0.25) is 4.79 Å². The second-order valence-electron chi connectivity index (χ2n) is 5.28. The Bertz CT molecular complexity index is 269. The Labute approximate surface area is 119 Å². The molecule has 5 nitrogen and oxygen atoms in total. The third-order valence-corrected chi connectivity index (χ3v) is 4.00. The van der Waals surface area contributed by atoms with E-state index in [4.69, 9.17) is 4.74 Å². The summed E-state index contributed by atoms with van der Waals surface area (Å²) < 4.78 is 5.67. The number of hydrogen-bond acceptors (Lipinski definition) is 5. The lowest BCUT2D eigenvalue weighted by molar-refractivity contribution is -0.123. The van der Waals surface area contributed by atoms with Gasteiger partial charge in [0.1, 0.15) is 0 Å². The number of carbonyl (C=O) groups excluding carboxylic acids is 1. The van der Waals surface area contributed by atoms with Crippen LogP contribution in [0.15, 0.2) is 0 Å². The molecule has 0 radical (unpaired) electrons. The molecule has 112 valence electrons. The van der Waals surface area contributed by atoms with Gasteiger partial charge in [0, 0.05) is 18.7 Å². The lowest BCUT2D eigenvalue weighted by Gasteiger charge is -2.24. The van der Waals surface area contributed by atoms with E-state index in [1.54, 1.807) is 18.7 Å². The van der Waals surface area contributed by atoms with Gasteiger partial charge in [-0.05, 0) is 39.1 Å². The highest BCUT2D eigenvalue weighted by atomic mass is 32.2. The molecule has 0 aromatic rings. The van der Waals surface area contributed by atoms with E-state index in [-0.39, 0.29) is 12.0 Å². The third kappa shape index (κ3) is 7.77. The number of piperidine rings is 1. The largest absolute Gasteiger partial charge is 0.387 e. The summed E-state index contributed by atoms with van der Waals surface area (Å²) in [6, 6.07) is 0. The molecule has 0 bridgehead atoms. The van der Waals surface area contributed by atoms with E-state index in [1.807, 2.05) is 6.26 Å². The van der Waals surface area contributed by atoms with Crippen molar-refractivity contribution in [2.45, 2.75) is 37.9 Å². The summed E-state index contributed by atoms with van der Waals surface area (Å²) >= 11 is 1.56. The number of thioether (sulfide) groups is 1.